The predicted molar refractivity (Wildman–Crippen MR) is 167 cm³/mol. The van der Waals surface area contributed by atoms with Gasteiger partial charge in [0.1, 0.15) is 18.3 Å². The lowest BCUT2D eigenvalue weighted by Crippen LogP contribution is -2.72. The molecular weight excluding hydrogens is 604 g/mol. The van der Waals surface area contributed by atoms with Crippen LogP contribution in [-0.4, -0.2) is 66.4 Å². The standard InChI is InChI=1S/C37H44O10/c1-19-24(23-12-13-42-17-23)14-25-30(19)37(6)26(15-29(40)46-25)36(5)28(45-21(3)39)16-27(44-20(2)38)35(4)18-43-31(32(35)36)33(37)47-34(41)22-10-8-7-9-11-22/h7-13,17,24-29,31-33,40H,14-16,18H2,1-6H3/t24-,25+,26-,27-,28+,29-,31-,32+,33-,35-,36+,37-/m1/s1. The van der Waals surface area contributed by atoms with Gasteiger partial charge in [-0.25, -0.2) is 4.79 Å². The number of aliphatic hydroxyl groups excluding tert-OH is 1. The fraction of sp³-hybridized carbons (Fsp3) is 0.595. The van der Waals surface area contributed by atoms with Gasteiger partial charge in [-0.15, -0.1) is 0 Å². The van der Waals surface area contributed by atoms with Crippen molar-refractivity contribution in [3.63, 3.8) is 0 Å². The van der Waals surface area contributed by atoms with Crippen molar-refractivity contribution in [1.82, 2.24) is 0 Å². The van der Waals surface area contributed by atoms with Crippen molar-refractivity contribution in [3.05, 3.63) is 71.2 Å². The SMILES string of the molecule is CC(=O)O[C@H]1C[C@@H](OC(C)=O)[C@@]2(C)CO[C@H]3[C@@H](OC(=O)c4ccccc4)[C@@]4(C)C5=C(C)[C@H](c6ccoc6)C[C@@H]5O[C@@H](O)C[C@@H]4[C@]1(C)[C@@H]32. The number of fused-ring (bicyclic) bond motifs is 4. The summed E-state index contributed by atoms with van der Waals surface area (Å²) in [6, 6.07) is 10.8. The van der Waals surface area contributed by atoms with E-state index in [2.05, 4.69) is 20.8 Å². The Kier molecular flexibility index (Phi) is 7.72. The largest absolute Gasteiger partial charge is 0.472 e. The molecule has 0 radical (unpaired) electrons. The number of rotatable bonds is 5. The van der Waals surface area contributed by atoms with Crippen molar-refractivity contribution < 1.29 is 47.6 Å². The lowest BCUT2D eigenvalue weighted by molar-refractivity contribution is -0.258. The number of aliphatic hydroxyl groups is 1. The Hall–Kier alpha value is -3.47. The van der Waals surface area contributed by atoms with Crippen molar-refractivity contribution in [2.24, 2.45) is 28.1 Å². The van der Waals surface area contributed by atoms with E-state index < -0.39 is 76.9 Å². The number of furan rings is 1. The molecule has 2 aliphatic heterocycles. The number of ether oxygens (including phenoxy) is 5. The Morgan fingerprint density at radius 3 is 2.28 bits per heavy atom. The molecule has 10 heteroatoms. The van der Waals surface area contributed by atoms with Gasteiger partial charge in [-0.3, -0.25) is 9.59 Å². The van der Waals surface area contributed by atoms with Gasteiger partial charge in [0.05, 0.1) is 36.9 Å². The van der Waals surface area contributed by atoms with Gasteiger partial charge in [-0.2, -0.15) is 0 Å². The zero-order chi connectivity index (χ0) is 33.5. The first kappa shape index (κ1) is 32.1. The van der Waals surface area contributed by atoms with Crippen LogP contribution >= 0.6 is 0 Å². The Bertz CT molecular complexity index is 1580. The minimum atomic E-state index is -1.13. The molecule has 0 amide bonds. The molecule has 2 saturated heterocycles. The third-order valence-electron chi connectivity index (χ3n) is 12.4. The molecule has 12 atom stereocenters. The van der Waals surface area contributed by atoms with Gasteiger partial charge in [0.25, 0.3) is 0 Å². The molecule has 10 nitrogen and oxygen atoms in total. The molecule has 4 fully saturated rings. The molecular formula is C37H44O10. The molecule has 1 N–H and O–H groups in total. The summed E-state index contributed by atoms with van der Waals surface area (Å²) in [6.45, 7) is 11.4. The van der Waals surface area contributed by atoms with E-state index in [0.29, 0.717) is 12.0 Å². The summed E-state index contributed by atoms with van der Waals surface area (Å²) in [4.78, 5) is 39.2. The van der Waals surface area contributed by atoms with Crippen LogP contribution in [0.3, 0.4) is 0 Å². The van der Waals surface area contributed by atoms with E-state index >= 15 is 0 Å². The highest BCUT2D eigenvalue weighted by atomic mass is 16.6. The number of benzene rings is 1. The minimum Gasteiger partial charge on any atom is -0.472 e. The van der Waals surface area contributed by atoms with Gasteiger partial charge in [0, 0.05) is 54.8 Å². The van der Waals surface area contributed by atoms with Crippen LogP contribution < -0.4 is 0 Å². The van der Waals surface area contributed by atoms with E-state index in [1.807, 2.05) is 19.1 Å². The van der Waals surface area contributed by atoms with E-state index in [-0.39, 0.29) is 31.3 Å². The van der Waals surface area contributed by atoms with Crippen molar-refractivity contribution in [2.75, 3.05) is 6.61 Å². The van der Waals surface area contributed by atoms with Crippen LogP contribution in [0.4, 0.5) is 0 Å². The highest BCUT2D eigenvalue weighted by Crippen LogP contribution is 2.72. The average Bonchev–Trinajstić information content (AvgIpc) is 3.73. The summed E-state index contributed by atoms with van der Waals surface area (Å²) in [6.07, 6.45) is 0.128. The molecule has 3 aliphatic carbocycles. The lowest BCUT2D eigenvalue weighted by Gasteiger charge is -2.66. The number of hydrogen-bond acceptors (Lipinski definition) is 10. The Balaban J connectivity index is 1.46. The van der Waals surface area contributed by atoms with E-state index in [1.54, 1.807) is 36.8 Å². The van der Waals surface area contributed by atoms with Crippen molar-refractivity contribution in [3.8, 4) is 0 Å². The summed E-state index contributed by atoms with van der Waals surface area (Å²) in [5, 5.41) is 11.6. The molecule has 3 heterocycles. The predicted octanol–water partition coefficient (Wildman–Crippen LogP) is 5.35. The summed E-state index contributed by atoms with van der Waals surface area (Å²) in [5.41, 5.74) is 1.04. The molecule has 0 bridgehead atoms. The molecule has 0 spiro atoms. The van der Waals surface area contributed by atoms with Crippen LogP contribution in [0.5, 0.6) is 0 Å². The second-order valence-electron chi connectivity index (χ2n) is 14.8. The molecule has 5 aliphatic rings. The van der Waals surface area contributed by atoms with E-state index in [4.69, 9.17) is 28.1 Å². The first-order valence-electron chi connectivity index (χ1n) is 16.6. The van der Waals surface area contributed by atoms with Gasteiger partial charge in [-0.1, -0.05) is 44.5 Å². The Labute approximate surface area is 274 Å². The number of carbonyl (C=O) groups is 3. The van der Waals surface area contributed by atoms with Crippen molar-refractivity contribution >= 4 is 17.9 Å². The van der Waals surface area contributed by atoms with Crippen LogP contribution in [0.2, 0.25) is 0 Å². The molecule has 7 rings (SSSR count). The summed E-state index contributed by atoms with van der Waals surface area (Å²) >= 11 is 0. The van der Waals surface area contributed by atoms with Crippen LogP contribution in [-0.2, 0) is 33.3 Å². The normalized spacial score (nSPS) is 42.1. The van der Waals surface area contributed by atoms with E-state index in [1.165, 1.54) is 13.8 Å². The molecule has 252 valence electrons. The number of allylic oxidation sites excluding steroid dienone is 1. The molecule has 2 aromatic rings. The quantitative estimate of drug-likeness (QED) is 0.257. The van der Waals surface area contributed by atoms with Gasteiger partial charge in [-0.05, 0) is 48.6 Å². The zero-order valence-electron chi connectivity index (χ0n) is 27.8. The highest BCUT2D eigenvalue weighted by Gasteiger charge is 2.77. The van der Waals surface area contributed by atoms with Gasteiger partial charge < -0.3 is 33.2 Å². The maximum absolute atomic E-state index is 14.0. The van der Waals surface area contributed by atoms with E-state index in [0.717, 1.165) is 16.7 Å². The number of carbonyl (C=O) groups excluding carboxylic acids is 3. The fourth-order valence-corrected chi connectivity index (χ4v) is 10.7. The Morgan fingerprint density at radius 2 is 1.62 bits per heavy atom. The van der Waals surface area contributed by atoms with Crippen molar-refractivity contribution in [2.45, 2.75) is 104 Å². The lowest BCUT2D eigenvalue weighted by atomic mass is 9.39. The topological polar surface area (TPSA) is 131 Å². The molecule has 2 saturated carbocycles. The molecule has 0 unspecified atom stereocenters. The smallest absolute Gasteiger partial charge is 0.338 e. The summed E-state index contributed by atoms with van der Waals surface area (Å²) in [5.74, 6) is -2.18. The minimum absolute atomic E-state index is 0.0359. The first-order chi connectivity index (χ1) is 22.3. The number of esters is 3. The van der Waals surface area contributed by atoms with Gasteiger partial charge >= 0.3 is 17.9 Å². The zero-order valence-corrected chi connectivity index (χ0v) is 27.8. The highest BCUT2D eigenvalue weighted by molar-refractivity contribution is 5.89. The number of hydrogen-bond donors (Lipinski definition) is 1. The molecule has 47 heavy (non-hydrogen) atoms. The first-order valence-corrected chi connectivity index (χ1v) is 16.6. The summed E-state index contributed by atoms with van der Waals surface area (Å²) in [7, 11) is 0. The van der Waals surface area contributed by atoms with Gasteiger partial charge in [0.15, 0.2) is 6.29 Å². The Morgan fingerprint density at radius 1 is 0.915 bits per heavy atom. The van der Waals surface area contributed by atoms with E-state index in [9.17, 15) is 19.5 Å². The molecule has 1 aromatic heterocycles. The maximum Gasteiger partial charge on any atom is 0.338 e. The van der Waals surface area contributed by atoms with Crippen LogP contribution in [0.1, 0.15) is 82.6 Å². The van der Waals surface area contributed by atoms with Crippen LogP contribution in [0.15, 0.2) is 64.5 Å². The van der Waals surface area contributed by atoms with Gasteiger partial charge in [0.2, 0.25) is 0 Å². The fourth-order valence-electron chi connectivity index (χ4n) is 10.7. The maximum atomic E-state index is 14.0. The average molecular weight is 649 g/mol. The van der Waals surface area contributed by atoms with Crippen molar-refractivity contribution in [1.29, 1.82) is 0 Å². The summed E-state index contributed by atoms with van der Waals surface area (Å²) < 4.78 is 37.5. The van der Waals surface area contributed by atoms with Crippen LogP contribution in [0.25, 0.3) is 0 Å². The van der Waals surface area contributed by atoms with Crippen LogP contribution in [0, 0.1) is 28.1 Å². The monoisotopic (exact) mass is 648 g/mol. The molecule has 1 aromatic carbocycles. The third kappa shape index (κ3) is 4.73. The second-order valence-corrected chi connectivity index (χ2v) is 14.8. The second kappa shape index (κ2) is 11.3. The third-order valence-corrected chi connectivity index (χ3v) is 12.4.